The summed E-state index contributed by atoms with van der Waals surface area (Å²) in [5, 5.41) is 4.41. The summed E-state index contributed by atoms with van der Waals surface area (Å²) < 4.78 is 6.50. The molecule has 0 atom stereocenters. The Bertz CT molecular complexity index is 1090. The lowest BCUT2D eigenvalue weighted by Crippen LogP contribution is -2.49. The van der Waals surface area contributed by atoms with E-state index in [4.69, 9.17) is 4.74 Å². The number of hydrogen-bond acceptors (Lipinski definition) is 5. The molecule has 31 heavy (non-hydrogen) atoms. The number of carbonyl (C=O) groups excluding carboxylic acids is 1. The number of nitrogens with zero attached hydrogens (tertiary/aromatic N) is 4. The van der Waals surface area contributed by atoms with Crippen molar-refractivity contribution in [3.8, 4) is 17.0 Å². The van der Waals surface area contributed by atoms with Crippen LogP contribution >= 0.6 is 0 Å². The molecule has 0 radical (unpaired) electrons. The zero-order chi connectivity index (χ0) is 21.6. The standard InChI is InChI=1S/C24H26N4O3/c1-31-21-9-5-8-20(16-21)22-10-11-23(29)28(25-22)18-24(30)27-14-12-26(13-15-27)17-19-6-3-2-4-7-19/h2-11,16H,12-15,17-18H2,1H3. The van der Waals surface area contributed by atoms with E-state index in [-0.39, 0.29) is 18.0 Å². The lowest BCUT2D eigenvalue weighted by Gasteiger charge is -2.34. The Kier molecular flexibility index (Phi) is 6.43. The molecule has 2 aromatic carbocycles. The summed E-state index contributed by atoms with van der Waals surface area (Å²) >= 11 is 0. The van der Waals surface area contributed by atoms with Crippen LogP contribution in [0, 0.1) is 0 Å². The third-order valence-electron chi connectivity index (χ3n) is 5.49. The molecule has 7 nitrogen and oxygen atoms in total. The number of piperazine rings is 1. The van der Waals surface area contributed by atoms with Gasteiger partial charge in [-0.3, -0.25) is 14.5 Å². The number of hydrogen-bond donors (Lipinski definition) is 0. The Labute approximate surface area is 181 Å². The highest BCUT2D eigenvalue weighted by atomic mass is 16.5. The van der Waals surface area contributed by atoms with Crippen LogP contribution in [0.3, 0.4) is 0 Å². The molecule has 1 amide bonds. The minimum absolute atomic E-state index is 0.0602. The van der Waals surface area contributed by atoms with Gasteiger partial charge in [-0.15, -0.1) is 0 Å². The predicted octanol–water partition coefficient (Wildman–Crippen LogP) is 2.26. The van der Waals surface area contributed by atoms with E-state index in [0.29, 0.717) is 24.5 Å². The molecule has 0 aliphatic carbocycles. The van der Waals surface area contributed by atoms with Gasteiger partial charge in [-0.25, -0.2) is 4.68 Å². The van der Waals surface area contributed by atoms with E-state index < -0.39 is 0 Å². The molecule has 2 heterocycles. The van der Waals surface area contributed by atoms with Gasteiger partial charge in [-0.05, 0) is 23.8 Å². The second-order valence-electron chi connectivity index (χ2n) is 7.59. The van der Waals surface area contributed by atoms with Crippen LogP contribution in [0.2, 0.25) is 0 Å². The largest absolute Gasteiger partial charge is 0.497 e. The lowest BCUT2D eigenvalue weighted by molar-refractivity contribution is -0.133. The minimum atomic E-state index is -0.289. The Morgan fingerprint density at radius 2 is 1.74 bits per heavy atom. The molecule has 1 aliphatic heterocycles. The molecule has 0 spiro atoms. The Hall–Kier alpha value is -3.45. The van der Waals surface area contributed by atoms with Crippen molar-refractivity contribution in [3.63, 3.8) is 0 Å². The normalized spacial score (nSPS) is 14.4. The van der Waals surface area contributed by atoms with Gasteiger partial charge in [0.1, 0.15) is 12.3 Å². The van der Waals surface area contributed by atoms with Gasteiger partial charge < -0.3 is 9.64 Å². The van der Waals surface area contributed by atoms with Gasteiger partial charge >= 0.3 is 0 Å². The van der Waals surface area contributed by atoms with Crippen molar-refractivity contribution in [2.75, 3.05) is 33.3 Å². The number of benzene rings is 2. The maximum Gasteiger partial charge on any atom is 0.267 e. The van der Waals surface area contributed by atoms with Crippen LogP contribution in [0.25, 0.3) is 11.3 Å². The first-order chi connectivity index (χ1) is 15.1. The first-order valence-electron chi connectivity index (χ1n) is 10.4. The van der Waals surface area contributed by atoms with Gasteiger partial charge in [0.05, 0.1) is 12.8 Å². The summed E-state index contributed by atoms with van der Waals surface area (Å²) in [5.74, 6) is 0.623. The van der Waals surface area contributed by atoms with Crippen molar-refractivity contribution in [2.45, 2.75) is 13.1 Å². The first kappa shape index (κ1) is 20.8. The second kappa shape index (κ2) is 9.57. The topological polar surface area (TPSA) is 67.7 Å². The smallest absolute Gasteiger partial charge is 0.267 e. The molecule has 0 bridgehead atoms. The van der Waals surface area contributed by atoms with Gasteiger partial charge in [0.2, 0.25) is 5.91 Å². The van der Waals surface area contributed by atoms with Crippen molar-refractivity contribution >= 4 is 5.91 Å². The predicted molar refractivity (Wildman–Crippen MR) is 119 cm³/mol. The van der Waals surface area contributed by atoms with E-state index in [9.17, 15) is 9.59 Å². The first-order valence-corrected chi connectivity index (χ1v) is 10.4. The van der Waals surface area contributed by atoms with Gasteiger partial charge in [-0.1, -0.05) is 42.5 Å². The number of rotatable bonds is 6. The molecular formula is C24H26N4O3. The molecule has 4 rings (SSSR count). The van der Waals surface area contributed by atoms with Crippen molar-refractivity contribution in [3.05, 3.63) is 82.6 Å². The molecule has 1 saturated heterocycles. The van der Waals surface area contributed by atoms with Crippen LogP contribution in [0.1, 0.15) is 5.56 Å². The summed E-state index contributed by atoms with van der Waals surface area (Å²) in [5.41, 5.74) is 2.43. The molecule has 1 fully saturated rings. The van der Waals surface area contributed by atoms with Crippen LogP contribution in [0.4, 0.5) is 0 Å². The average Bonchev–Trinajstić information content (AvgIpc) is 2.81. The highest BCUT2D eigenvalue weighted by Gasteiger charge is 2.22. The number of methoxy groups -OCH3 is 1. The molecule has 0 unspecified atom stereocenters. The summed E-state index contributed by atoms with van der Waals surface area (Å²) in [6.07, 6.45) is 0. The van der Waals surface area contributed by atoms with E-state index in [1.807, 2.05) is 47.4 Å². The van der Waals surface area contributed by atoms with Crippen LogP contribution in [-0.4, -0.2) is 58.8 Å². The van der Waals surface area contributed by atoms with E-state index in [1.165, 1.54) is 16.3 Å². The molecule has 0 saturated carbocycles. The molecule has 7 heteroatoms. The van der Waals surface area contributed by atoms with Gasteiger partial charge in [-0.2, -0.15) is 5.10 Å². The monoisotopic (exact) mass is 418 g/mol. The molecule has 1 aromatic heterocycles. The number of ether oxygens (including phenoxy) is 1. The van der Waals surface area contributed by atoms with Crippen LogP contribution in [0.15, 0.2) is 71.5 Å². The van der Waals surface area contributed by atoms with E-state index >= 15 is 0 Å². The fraction of sp³-hybridized carbons (Fsp3) is 0.292. The molecule has 0 N–H and O–H groups in total. The van der Waals surface area contributed by atoms with Crippen LogP contribution < -0.4 is 10.3 Å². The highest BCUT2D eigenvalue weighted by Crippen LogP contribution is 2.21. The van der Waals surface area contributed by atoms with Gasteiger partial charge in [0, 0.05) is 44.4 Å². The SMILES string of the molecule is COc1cccc(-c2ccc(=O)n(CC(=O)N3CCN(Cc4ccccc4)CC3)n2)c1. The van der Waals surface area contributed by atoms with Crippen molar-refractivity contribution in [2.24, 2.45) is 0 Å². The summed E-state index contributed by atoms with van der Waals surface area (Å²) in [6, 6.07) is 20.9. The number of carbonyl (C=O) groups is 1. The van der Waals surface area contributed by atoms with Crippen molar-refractivity contribution in [1.82, 2.24) is 19.6 Å². The highest BCUT2D eigenvalue weighted by molar-refractivity contribution is 5.76. The minimum Gasteiger partial charge on any atom is -0.497 e. The van der Waals surface area contributed by atoms with Crippen LogP contribution in [-0.2, 0) is 17.9 Å². The third-order valence-corrected chi connectivity index (χ3v) is 5.49. The van der Waals surface area contributed by atoms with Crippen LogP contribution in [0.5, 0.6) is 5.75 Å². The van der Waals surface area contributed by atoms with Gasteiger partial charge in [0.15, 0.2) is 0 Å². The second-order valence-corrected chi connectivity index (χ2v) is 7.59. The quantitative estimate of drug-likeness (QED) is 0.614. The van der Waals surface area contributed by atoms with Crippen molar-refractivity contribution < 1.29 is 9.53 Å². The van der Waals surface area contributed by atoms with E-state index in [2.05, 4.69) is 22.1 Å². The Morgan fingerprint density at radius 1 is 0.968 bits per heavy atom. The van der Waals surface area contributed by atoms with E-state index in [0.717, 1.165) is 25.2 Å². The van der Waals surface area contributed by atoms with Gasteiger partial charge in [0.25, 0.3) is 5.56 Å². The summed E-state index contributed by atoms with van der Waals surface area (Å²) in [7, 11) is 1.60. The number of amides is 1. The molecule has 1 aliphatic rings. The third kappa shape index (κ3) is 5.19. The summed E-state index contributed by atoms with van der Waals surface area (Å²) in [4.78, 5) is 29.3. The molecular weight excluding hydrogens is 392 g/mol. The molecule has 3 aromatic rings. The number of aromatic nitrogens is 2. The maximum absolute atomic E-state index is 12.8. The van der Waals surface area contributed by atoms with E-state index in [1.54, 1.807) is 13.2 Å². The average molecular weight is 418 g/mol. The summed E-state index contributed by atoms with van der Waals surface area (Å²) in [6.45, 7) is 3.74. The van der Waals surface area contributed by atoms with Crippen molar-refractivity contribution in [1.29, 1.82) is 0 Å². The zero-order valence-electron chi connectivity index (χ0n) is 17.6. The lowest BCUT2D eigenvalue weighted by atomic mass is 10.1. The molecule has 160 valence electrons. The Morgan fingerprint density at radius 3 is 2.48 bits per heavy atom. The Balaban J connectivity index is 1.39. The fourth-order valence-corrected chi connectivity index (χ4v) is 3.72. The fourth-order valence-electron chi connectivity index (χ4n) is 3.72. The zero-order valence-corrected chi connectivity index (χ0v) is 17.6. The maximum atomic E-state index is 12.8.